The van der Waals surface area contributed by atoms with E-state index < -0.39 is 5.54 Å². The third-order valence-corrected chi connectivity index (χ3v) is 2.43. The molecule has 92 valence electrons. The number of nitrogens with two attached hydrogens (primary N) is 1. The molecule has 0 amide bonds. The minimum atomic E-state index is -0.815. The highest BCUT2D eigenvalue weighted by molar-refractivity contribution is 5.85. The van der Waals surface area contributed by atoms with Crippen LogP contribution in [0.25, 0.3) is 0 Å². The van der Waals surface area contributed by atoms with Gasteiger partial charge in [0.25, 0.3) is 0 Å². The summed E-state index contributed by atoms with van der Waals surface area (Å²) in [7, 11) is 0. The molecule has 0 spiro atoms. The Morgan fingerprint density at radius 3 is 2.33 bits per heavy atom. The number of rotatable bonds is 7. The van der Waals surface area contributed by atoms with Crippen molar-refractivity contribution in [1.29, 1.82) is 0 Å². The Bertz CT molecular complexity index is 172. The zero-order valence-electron chi connectivity index (χ0n) is 10.0. The number of carbonyl (C=O) groups excluding carboxylic acids is 1. The van der Waals surface area contributed by atoms with E-state index in [1.54, 1.807) is 6.92 Å². The van der Waals surface area contributed by atoms with Crippen LogP contribution in [0.1, 0.15) is 52.9 Å². The topological polar surface area (TPSA) is 52.3 Å². The Balaban J connectivity index is 0. The molecule has 0 aromatic rings. The molecule has 2 N–H and O–H groups in total. The van der Waals surface area contributed by atoms with E-state index in [9.17, 15) is 4.79 Å². The van der Waals surface area contributed by atoms with Crippen molar-refractivity contribution in [2.75, 3.05) is 6.61 Å². The summed E-state index contributed by atoms with van der Waals surface area (Å²) in [6.45, 7) is 6.26. The van der Waals surface area contributed by atoms with E-state index in [4.69, 9.17) is 10.5 Å². The number of ether oxygens (including phenoxy) is 1. The summed E-state index contributed by atoms with van der Waals surface area (Å²) in [5.74, 6) is -0.281. The molecule has 0 fully saturated rings. The van der Waals surface area contributed by atoms with Crippen LogP contribution in [-0.2, 0) is 9.53 Å². The van der Waals surface area contributed by atoms with Gasteiger partial charge < -0.3 is 10.5 Å². The molecule has 0 heterocycles. The highest BCUT2D eigenvalue weighted by Gasteiger charge is 2.27. The summed E-state index contributed by atoms with van der Waals surface area (Å²) < 4.78 is 5.08. The monoisotopic (exact) mass is 237 g/mol. The molecule has 1 unspecified atom stereocenters. The molecule has 0 saturated heterocycles. The minimum Gasteiger partial charge on any atom is -0.464 e. The van der Waals surface area contributed by atoms with Gasteiger partial charge in [0.05, 0.1) is 6.61 Å². The van der Waals surface area contributed by atoms with E-state index in [0.29, 0.717) is 13.0 Å². The van der Waals surface area contributed by atoms with Gasteiger partial charge in [0, 0.05) is 0 Å². The van der Waals surface area contributed by atoms with Crippen molar-refractivity contribution in [1.82, 2.24) is 0 Å². The molecule has 0 saturated carbocycles. The molecule has 0 bridgehead atoms. The van der Waals surface area contributed by atoms with Crippen LogP contribution in [0.5, 0.6) is 0 Å². The van der Waals surface area contributed by atoms with Crippen LogP contribution in [0.2, 0.25) is 0 Å². The van der Waals surface area contributed by atoms with Gasteiger partial charge in [0.2, 0.25) is 0 Å². The maximum absolute atomic E-state index is 11.4. The van der Waals surface area contributed by atoms with Crippen molar-refractivity contribution in [3.63, 3.8) is 0 Å². The number of halogens is 1. The van der Waals surface area contributed by atoms with Gasteiger partial charge in [-0.3, -0.25) is 4.79 Å². The first-order chi connectivity index (χ1) is 6.54. The lowest BCUT2D eigenvalue weighted by Crippen LogP contribution is -2.45. The first kappa shape index (κ1) is 17.1. The van der Waals surface area contributed by atoms with Crippen LogP contribution in [0.15, 0.2) is 0 Å². The van der Waals surface area contributed by atoms with Crippen LogP contribution in [0.3, 0.4) is 0 Å². The minimum absolute atomic E-state index is 0. The Labute approximate surface area is 99.2 Å². The quantitative estimate of drug-likeness (QED) is 0.547. The molecule has 4 heteroatoms. The van der Waals surface area contributed by atoms with E-state index in [0.717, 1.165) is 12.8 Å². The third-order valence-electron chi connectivity index (χ3n) is 2.43. The predicted octanol–water partition coefficient (Wildman–Crippen LogP) is 2.66. The molecule has 0 aliphatic heterocycles. The van der Waals surface area contributed by atoms with Gasteiger partial charge in [-0.25, -0.2) is 0 Å². The molecule has 0 aromatic heterocycles. The van der Waals surface area contributed by atoms with Crippen molar-refractivity contribution in [3.05, 3.63) is 0 Å². The SMILES string of the molecule is CCCCCCOC(=O)C(C)(N)CC.Cl. The summed E-state index contributed by atoms with van der Waals surface area (Å²) in [5, 5.41) is 0. The van der Waals surface area contributed by atoms with Gasteiger partial charge in [-0.1, -0.05) is 33.1 Å². The van der Waals surface area contributed by atoms with E-state index >= 15 is 0 Å². The van der Waals surface area contributed by atoms with Gasteiger partial charge in [0.15, 0.2) is 0 Å². The van der Waals surface area contributed by atoms with Gasteiger partial charge in [-0.05, 0) is 19.8 Å². The molecule has 0 radical (unpaired) electrons. The summed E-state index contributed by atoms with van der Waals surface area (Å²) in [4.78, 5) is 11.4. The number of carbonyl (C=O) groups is 1. The maximum Gasteiger partial charge on any atom is 0.325 e. The normalized spacial score (nSPS) is 13.9. The van der Waals surface area contributed by atoms with Crippen molar-refractivity contribution in [2.24, 2.45) is 5.73 Å². The fourth-order valence-electron chi connectivity index (χ4n) is 1.00. The molecule has 0 aromatic carbocycles. The van der Waals surface area contributed by atoms with Crippen molar-refractivity contribution in [2.45, 2.75) is 58.4 Å². The molecular formula is C11H24ClNO2. The van der Waals surface area contributed by atoms with E-state index in [1.807, 2.05) is 6.92 Å². The number of unbranched alkanes of at least 4 members (excludes halogenated alkanes) is 3. The Kier molecular flexibility index (Phi) is 10.3. The van der Waals surface area contributed by atoms with Crippen molar-refractivity contribution >= 4 is 18.4 Å². The largest absolute Gasteiger partial charge is 0.464 e. The second kappa shape index (κ2) is 8.98. The molecule has 1 atom stereocenters. The third kappa shape index (κ3) is 7.63. The van der Waals surface area contributed by atoms with E-state index in [-0.39, 0.29) is 18.4 Å². The summed E-state index contributed by atoms with van der Waals surface area (Å²) >= 11 is 0. The molecular weight excluding hydrogens is 214 g/mol. The van der Waals surface area contributed by atoms with Crippen LogP contribution in [0, 0.1) is 0 Å². The standard InChI is InChI=1S/C11H23NO2.ClH/c1-4-6-7-8-9-14-10(13)11(3,12)5-2;/h4-9,12H2,1-3H3;1H. The first-order valence-electron chi connectivity index (χ1n) is 5.50. The Hall–Kier alpha value is -0.280. The average molecular weight is 238 g/mol. The van der Waals surface area contributed by atoms with Gasteiger partial charge in [-0.2, -0.15) is 0 Å². The summed E-state index contributed by atoms with van der Waals surface area (Å²) in [5.41, 5.74) is 4.91. The zero-order chi connectivity index (χ0) is 11.0. The highest BCUT2D eigenvalue weighted by Crippen LogP contribution is 2.08. The summed E-state index contributed by atoms with van der Waals surface area (Å²) in [6.07, 6.45) is 5.07. The smallest absolute Gasteiger partial charge is 0.325 e. The Morgan fingerprint density at radius 2 is 1.87 bits per heavy atom. The van der Waals surface area contributed by atoms with Crippen LogP contribution < -0.4 is 5.73 Å². The average Bonchev–Trinajstić information content (AvgIpc) is 2.17. The first-order valence-corrected chi connectivity index (χ1v) is 5.50. The molecule has 0 aliphatic carbocycles. The number of esters is 1. The lowest BCUT2D eigenvalue weighted by molar-refractivity contribution is -0.149. The number of hydrogen-bond donors (Lipinski definition) is 1. The van der Waals surface area contributed by atoms with Crippen LogP contribution >= 0.6 is 12.4 Å². The lowest BCUT2D eigenvalue weighted by Gasteiger charge is -2.20. The van der Waals surface area contributed by atoms with Crippen molar-refractivity contribution in [3.8, 4) is 0 Å². The Morgan fingerprint density at radius 1 is 1.27 bits per heavy atom. The zero-order valence-corrected chi connectivity index (χ0v) is 10.9. The maximum atomic E-state index is 11.4. The van der Waals surface area contributed by atoms with Gasteiger partial charge in [0.1, 0.15) is 5.54 Å². The highest BCUT2D eigenvalue weighted by atomic mass is 35.5. The van der Waals surface area contributed by atoms with Crippen LogP contribution in [0.4, 0.5) is 0 Å². The lowest BCUT2D eigenvalue weighted by atomic mass is 10.0. The van der Waals surface area contributed by atoms with Gasteiger partial charge >= 0.3 is 5.97 Å². The molecule has 3 nitrogen and oxygen atoms in total. The molecule has 15 heavy (non-hydrogen) atoms. The summed E-state index contributed by atoms with van der Waals surface area (Å²) in [6, 6.07) is 0. The van der Waals surface area contributed by atoms with Gasteiger partial charge in [-0.15, -0.1) is 12.4 Å². The molecule has 0 rings (SSSR count). The predicted molar refractivity (Wildman–Crippen MR) is 65.2 cm³/mol. The second-order valence-corrected chi connectivity index (χ2v) is 3.97. The van der Waals surface area contributed by atoms with Crippen molar-refractivity contribution < 1.29 is 9.53 Å². The number of hydrogen-bond acceptors (Lipinski definition) is 3. The van der Waals surface area contributed by atoms with E-state index in [2.05, 4.69) is 6.92 Å². The fourth-order valence-corrected chi connectivity index (χ4v) is 1.00. The van der Waals surface area contributed by atoms with Crippen LogP contribution in [-0.4, -0.2) is 18.1 Å². The fraction of sp³-hybridized carbons (Fsp3) is 0.909. The second-order valence-electron chi connectivity index (χ2n) is 3.97. The molecule has 0 aliphatic rings. The van der Waals surface area contributed by atoms with E-state index in [1.165, 1.54) is 12.8 Å².